The second-order valence-electron chi connectivity index (χ2n) is 33.3. The monoisotopic (exact) mass is 1980 g/mol. The number of phenolic OH excluding ortho intramolecular Hbond substituents is 1. The van der Waals surface area contributed by atoms with Crippen LogP contribution in [0.5, 0.6) is 5.75 Å². The molecule has 786 valence electrons. The van der Waals surface area contributed by atoms with E-state index in [0.29, 0.717) is 5.56 Å². The molecule has 0 unspecified atom stereocenters. The standard InChI is InChI=1S/C81H150N42O17/c1-42(2)39-56(70(137)120-55(71(138)123-140)23-14-37-109-81(98)99)121-72(139)60(43(3)4)122-69(136)54(22-13-36-108-80(96)97)119-68(135)53(21-12-35-107-79(94)95)118-67(134)52(20-11-34-106-78(92)93)117-66(133)51(19-10-33-105-77(90)91)116-65(132)50(18-9-32-104-76(88)89)115-64(131)49(17-8-31-103-75(86)87)114-63(130)48(16-7-30-102-74(84)85)113-62(129)47(15-6-29-101-73(82)83)111-58(126)28-38-100-61(128)57(112-59(127)41-110-44(5)124)40-45-24-26-46(125)27-25-45/h24-27,42-43,47-57,60,125,140H,6-23,28-41H2,1-5H3,(H,100,128)(H,110,124)(H,111,126)(H,112,127)(H,113,129)(H,114,130)(H,115,131)(H,116,132)(H,117,133)(H,118,134)(H,119,135)(H,120,137)(H,121,139)(H,122,136)(H,123,138)(H4,82,83,101)(H4,84,85,102)(H4,86,87,103)(H4,88,89,104)(H4,90,91,105)(H4,92,93,106)(H4,94,95,107)(H4,96,97,108)(H4,98,99,109)/t47-,48-,49-,50-,51-,52-,53-,54-,55-,56-,57-,60-/m0/s1. The molecule has 59 nitrogen and oxygen atoms in total. The van der Waals surface area contributed by atoms with Crippen molar-refractivity contribution >= 4 is 142 Å². The van der Waals surface area contributed by atoms with Crippen molar-refractivity contribution in [3.63, 3.8) is 0 Å². The minimum Gasteiger partial charge on any atom is -0.508 e. The Morgan fingerprint density at radius 2 is 0.514 bits per heavy atom. The Kier molecular flexibility index (Phi) is 59.9. The molecule has 12 atom stereocenters. The second kappa shape index (κ2) is 68.5. The number of hydrogen-bond donors (Lipinski definition) is 44. The van der Waals surface area contributed by atoms with Crippen LogP contribution in [0, 0.1) is 60.5 Å². The third kappa shape index (κ3) is 56.7. The minimum absolute atomic E-state index is 0.000411. The lowest BCUT2D eigenvalue weighted by Gasteiger charge is -2.29. The number of hydroxylamine groups is 1. The molecule has 0 aliphatic rings. The van der Waals surface area contributed by atoms with E-state index in [4.69, 9.17) is 100 Å². The van der Waals surface area contributed by atoms with Gasteiger partial charge in [-0.3, -0.25) is 126 Å². The fourth-order valence-corrected chi connectivity index (χ4v) is 13.4. The lowest BCUT2D eigenvalue weighted by molar-refractivity contribution is -0.137. The number of rotatable bonds is 70. The van der Waals surface area contributed by atoms with Crippen LogP contribution in [0.2, 0.25) is 0 Å². The highest BCUT2D eigenvalue weighted by molar-refractivity contribution is 6.00. The van der Waals surface area contributed by atoms with Gasteiger partial charge in [0.05, 0.1) is 6.54 Å². The van der Waals surface area contributed by atoms with Gasteiger partial charge in [-0.05, 0) is 152 Å². The molecule has 140 heavy (non-hydrogen) atoms. The molecular weight excluding hydrogens is 1830 g/mol. The molecule has 0 spiro atoms. The van der Waals surface area contributed by atoms with Gasteiger partial charge in [-0.2, -0.15) is 0 Å². The zero-order chi connectivity index (χ0) is 106. The highest BCUT2D eigenvalue weighted by atomic mass is 16.5. The first-order chi connectivity index (χ1) is 66.0. The molecule has 0 fully saturated rings. The summed E-state index contributed by atoms with van der Waals surface area (Å²) in [6, 6.07) is -12.6. The van der Waals surface area contributed by atoms with Gasteiger partial charge >= 0.3 is 0 Å². The third-order valence-corrected chi connectivity index (χ3v) is 20.5. The summed E-state index contributed by atoms with van der Waals surface area (Å²) >= 11 is 0. The molecule has 1 aromatic carbocycles. The van der Waals surface area contributed by atoms with E-state index in [1.807, 2.05) is 0 Å². The van der Waals surface area contributed by atoms with Gasteiger partial charge in [-0.15, -0.1) is 0 Å². The van der Waals surface area contributed by atoms with Crippen molar-refractivity contribution in [1.82, 2.24) is 128 Å². The molecule has 0 aliphatic carbocycles. The first-order valence-corrected chi connectivity index (χ1v) is 45.6. The van der Waals surface area contributed by atoms with Crippen LogP contribution in [-0.4, -0.2) is 297 Å². The molecule has 59 heteroatoms. The van der Waals surface area contributed by atoms with Crippen molar-refractivity contribution in [2.75, 3.05) is 72.0 Å². The Balaban J connectivity index is 4.14. The Bertz CT molecular complexity index is 4300. The topological polar surface area (TPSA) is 1030 Å². The van der Waals surface area contributed by atoms with Gasteiger partial charge in [0.25, 0.3) is 5.91 Å². The Morgan fingerprint density at radius 3 is 0.757 bits per heavy atom. The van der Waals surface area contributed by atoms with Crippen molar-refractivity contribution in [3.05, 3.63) is 29.8 Å². The van der Waals surface area contributed by atoms with E-state index in [1.165, 1.54) is 36.7 Å². The van der Waals surface area contributed by atoms with E-state index in [1.54, 1.807) is 27.7 Å². The fraction of sp³-hybridized carbons (Fsp3) is 0.630. The van der Waals surface area contributed by atoms with Crippen LogP contribution in [0.25, 0.3) is 0 Å². The van der Waals surface area contributed by atoms with Gasteiger partial charge in [-0.25, -0.2) is 5.48 Å². The summed E-state index contributed by atoms with van der Waals surface area (Å²) in [4.78, 5) is 213. The molecule has 0 radical (unpaired) electrons. The molecular formula is C81H150N42O17. The fourth-order valence-electron chi connectivity index (χ4n) is 13.4. The van der Waals surface area contributed by atoms with E-state index in [2.05, 4.69) is 122 Å². The summed E-state index contributed by atoms with van der Waals surface area (Å²) in [5.41, 5.74) is 52.1. The summed E-state index contributed by atoms with van der Waals surface area (Å²) in [7, 11) is 0. The number of aromatic hydroxyl groups is 1. The molecule has 0 saturated heterocycles. The van der Waals surface area contributed by atoms with Crippen molar-refractivity contribution < 1.29 is 82.2 Å². The number of nitrogens with two attached hydrogens (primary N) is 9. The SMILES string of the molecule is CC(=O)NCC(=O)N[C@@H](Cc1ccc(O)cc1)C(=O)NCCC(=O)N[C@@H](CCCNC(=N)N)C(=O)N[C@@H](CCCNC(=N)N)C(=O)N[C@@H](CCCNC(=N)N)C(=O)N[C@@H](CCCNC(=N)N)C(=O)N[C@@H](CCCNC(=N)N)C(=O)N[C@@H](CCCNC(=N)N)C(=O)N[C@@H](CCCNC(=N)N)C(=O)N[C@@H](CCCNC(=N)N)C(=O)N[C@H](C(=O)N[C@@H](CC(C)C)C(=O)N[C@@H](CCCNC(=N)N)C(=O)NO)C(C)C. The van der Waals surface area contributed by atoms with Gasteiger partial charge in [0.2, 0.25) is 82.7 Å². The largest absolute Gasteiger partial charge is 0.508 e. The van der Waals surface area contributed by atoms with Crippen LogP contribution in [-0.2, 0) is 78.3 Å². The molecule has 1 rings (SSSR count). The first kappa shape index (κ1) is 122. The first-order valence-electron chi connectivity index (χ1n) is 45.6. The third-order valence-electron chi connectivity index (χ3n) is 20.5. The summed E-state index contributed by atoms with van der Waals surface area (Å²) in [5.74, 6) is -19.0. The summed E-state index contributed by atoms with van der Waals surface area (Å²) in [6.07, 6.45) is -2.83. The molecule has 0 aromatic heterocycles. The zero-order valence-electron chi connectivity index (χ0n) is 79.7. The van der Waals surface area contributed by atoms with E-state index < -0.39 is 228 Å². The molecule has 0 bridgehead atoms. The number of phenols is 1. The number of carbonyl (C=O) groups is 15. The van der Waals surface area contributed by atoms with Crippen molar-refractivity contribution in [3.8, 4) is 5.75 Å². The predicted octanol–water partition coefficient (Wildman–Crippen LogP) is -12.0. The van der Waals surface area contributed by atoms with Crippen molar-refractivity contribution in [2.45, 2.75) is 242 Å². The quantitative estimate of drug-likeness (QED) is 0.00947. The number of amides is 15. The Labute approximate surface area is 810 Å². The summed E-state index contributed by atoms with van der Waals surface area (Å²) in [5, 5.41) is 149. The number of hydrogen-bond acceptors (Lipinski definition) is 26. The molecule has 15 amide bonds. The number of benzene rings is 1. The second-order valence-corrected chi connectivity index (χ2v) is 33.3. The van der Waals surface area contributed by atoms with E-state index in [0.717, 1.165) is 0 Å². The maximum atomic E-state index is 15.2. The number of guanidine groups is 9. The minimum atomic E-state index is -1.69. The van der Waals surface area contributed by atoms with Crippen LogP contribution in [0.15, 0.2) is 24.3 Å². The molecule has 0 aliphatic heterocycles. The summed E-state index contributed by atoms with van der Waals surface area (Å²) in [6.45, 7) is 6.57. The Hall–Kier alpha value is -15.5. The van der Waals surface area contributed by atoms with E-state index >= 15 is 24.0 Å². The van der Waals surface area contributed by atoms with Gasteiger partial charge < -0.3 is 179 Å². The van der Waals surface area contributed by atoms with Gasteiger partial charge in [-0.1, -0.05) is 39.8 Å². The molecule has 0 saturated carbocycles. The highest BCUT2D eigenvalue weighted by Crippen LogP contribution is 2.16. The van der Waals surface area contributed by atoms with Gasteiger partial charge in [0, 0.05) is 85.2 Å². The normalized spacial score (nSPS) is 13.3. The zero-order valence-corrected chi connectivity index (χ0v) is 79.7. The number of nitrogens with one attached hydrogen (secondary N) is 33. The smallest absolute Gasteiger partial charge is 0.265 e. The van der Waals surface area contributed by atoms with E-state index in [-0.39, 0.29) is 211 Å². The summed E-state index contributed by atoms with van der Waals surface area (Å²) < 4.78 is 0. The average Bonchev–Trinajstić information content (AvgIpc) is 0.843. The predicted molar refractivity (Wildman–Crippen MR) is 518 cm³/mol. The Morgan fingerprint density at radius 1 is 0.279 bits per heavy atom. The average molecular weight is 1980 g/mol. The van der Waals surface area contributed by atoms with Gasteiger partial charge in [0.15, 0.2) is 53.6 Å². The lowest BCUT2D eigenvalue weighted by atomic mass is 9.98. The van der Waals surface area contributed by atoms with Crippen LogP contribution in [0.4, 0.5) is 0 Å². The highest BCUT2D eigenvalue weighted by Gasteiger charge is 2.38. The number of carbonyl (C=O) groups excluding carboxylic acids is 15. The molecule has 0 heterocycles. The van der Waals surface area contributed by atoms with Crippen molar-refractivity contribution in [1.29, 1.82) is 48.7 Å². The molecule has 1 aromatic rings. The maximum absolute atomic E-state index is 15.2. The van der Waals surface area contributed by atoms with Crippen LogP contribution < -0.4 is 179 Å². The molecule has 53 N–H and O–H groups in total. The van der Waals surface area contributed by atoms with Crippen LogP contribution in [0.1, 0.15) is 169 Å². The van der Waals surface area contributed by atoms with E-state index in [9.17, 15) is 58.3 Å². The maximum Gasteiger partial charge on any atom is 0.265 e. The van der Waals surface area contributed by atoms with Gasteiger partial charge in [0.1, 0.15) is 78.3 Å². The van der Waals surface area contributed by atoms with Crippen LogP contribution in [0.3, 0.4) is 0 Å². The van der Waals surface area contributed by atoms with Crippen LogP contribution >= 0.6 is 0 Å². The lowest BCUT2D eigenvalue weighted by Crippen LogP contribution is -2.61. The van der Waals surface area contributed by atoms with Crippen molar-refractivity contribution in [2.24, 2.45) is 63.4 Å².